The van der Waals surface area contributed by atoms with Crippen molar-refractivity contribution < 1.29 is 14.0 Å². The molecule has 0 radical (unpaired) electrons. The Morgan fingerprint density at radius 2 is 1.64 bits per heavy atom. The molecular weight excluding hydrogens is 518 g/mol. The summed E-state index contributed by atoms with van der Waals surface area (Å²) < 4.78 is 14.2. The monoisotopic (exact) mass is 546 g/mol. The molecule has 0 bridgehead atoms. The van der Waals surface area contributed by atoms with Crippen molar-refractivity contribution in [1.82, 2.24) is 10.2 Å². The maximum atomic E-state index is 14.2. The number of nitrogens with zero attached hydrogens (tertiary/aromatic N) is 1. The number of amides is 2. The van der Waals surface area contributed by atoms with E-state index in [-0.39, 0.29) is 35.9 Å². The number of benzene rings is 3. The van der Waals surface area contributed by atoms with E-state index < -0.39 is 11.9 Å². The van der Waals surface area contributed by atoms with Gasteiger partial charge in [0.2, 0.25) is 11.8 Å². The van der Waals surface area contributed by atoms with Gasteiger partial charge in [-0.15, -0.1) is 11.8 Å². The summed E-state index contributed by atoms with van der Waals surface area (Å²) >= 11 is 13.5. The van der Waals surface area contributed by atoms with Crippen molar-refractivity contribution in [2.75, 3.05) is 5.75 Å². The lowest BCUT2D eigenvalue weighted by Crippen LogP contribution is -2.52. The fourth-order valence-electron chi connectivity index (χ4n) is 3.71. The molecule has 3 rings (SSSR count). The Kier molecular flexibility index (Phi) is 10.7. The molecule has 0 aliphatic carbocycles. The second-order valence-electron chi connectivity index (χ2n) is 8.71. The number of rotatable bonds is 11. The molecule has 190 valence electrons. The van der Waals surface area contributed by atoms with Gasteiger partial charge in [-0.05, 0) is 49.2 Å². The molecule has 8 heteroatoms. The number of nitrogens with one attached hydrogen (secondary N) is 1. The van der Waals surface area contributed by atoms with Gasteiger partial charge in [0.25, 0.3) is 0 Å². The minimum absolute atomic E-state index is 0.0680. The van der Waals surface area contributed by atoms with E-state index in [9.17, 15) is 14.0 Å². The number of carbonyl (C=O) groups is 2. The first-order valence-electron chi connectivity index (χ1n) is 11.6. The summed E-state index contributed by atoms with van der Waals surface area (Å²) in [5, 5.41) is 3.88. The summed E-state index contributed by atoms with van der Waals surface area (Å²) in [6, 6.07) is 20.5. The van der Waals surface area contributed by atoms with Gasteiger partial charge >= 0.3 is 0 Å². The van der Waals surface area contributed by atoms with Crippen LogP contribution in [0.1, 0.15) is 30.5 Å². The largest absolute Gasteiger partial charge is 0.352 e. The van der Waals surface area contributed by atoms with Gasteiger partial charge < -0.3 is 10.2 Å². The normalized spacial score (nSPS) is 11.8. The summed E-state index contributed by atoms with van der Waals surface area (Å²) in [7, 11) is 0. The molecule has 0 spiro atoms. The van der Waals surface area contributed by atoms with E-state index in [1.54, 1.807) is 29.2 Å². The number of hydrogen-bond donors (Lipinski definition) is 1. The van der Waals surface area contributed by atoms with Crippen molar-refractivity contribution in [2.24, 2.45) is 0 Å². The maximum absolute atomic E-state index is 14.2. The van der Waals surface area contributed by atoms with Crippen molar-refractivity contribution in [1.29, 1.82) is 0 Å². The second kappa shape index (κ2) is 13.7. The Balaban J connectivity index is 1.86. The van der Waals surface area contributed by atoms with E-state index >= 15 is 0 Å². The quantitative estimate of drug-likeness (QED) is 0.297. The second-order valence-corrected chi connectivity index (χ2v) is 10.5. The highest BCUT2D eigenvalue weighted by Crippen LogP contribution is 2.25. The molecule has 1 atom stereocenters. The zero-order chi connectivity index (χ0) is 26.1. The van der Waals surface area contributed by atoms with Crippen LogP contribution in [0, 0.1) is 5.82 Å². The molecular formula is C28H29Cl2FN2O2S. The zero-order valence-corrected chi connectivity index (χ0v) is 22.5. The van der Waals surface area contributed by atoms with E-state index in [1.165, 1.54) is 17.8 Å². The van der Waals surface area contributed by atoms with Crippen molar-refractivity contribution in [2.45, 2.75) is 44.6 Å². The van der Waals surface area contributed by atoms with Crippen molar-refractivity contribution in [3.05, 3.63) is 105 Å². The first-order valence-corrected chi connectivity index (χ1v) is 13.5. The van der Waals surface area contributed by atoms with E-state index in [0.717, 1.165) is 11.1 Å². The molecule has 2 amide bonds. The van der Waals surface area contributed by atoms with E-state index in [1.807, 2.05) is 56.3 Å². The third kappa shape index (κ3) is 8.26. The van der Waals surface area contributed by atoms with Crippen LogP contribution in [0.5, 0.6) is 0 Å². The summed E-state index contributed by atoms with van der Waals surface area (Å²) in [6.45, 7) is 4.01. The molecule has 0 aliphatic rings. The highest BCUT2D eigenvalue weighted by Gasteiger charge is 2.30. The number of hydrogen-bond acceptors (Lipinski definition) is 3. The predicted molar refractivity (Wildman–Crippen MR) is 147 cm³/mol. The highest BCUT2D eigenvalue weighted by molar-refractivity contribution is 7.99. The van der Waals surface area contributed by atoms with Crippen molar-refractivity contribution >= 4 is 46.8 Å². The van der Waals surface area contributed by atoms with Crippen LogP contribution in [0.3, 0.4) is 0 Å². The Morgan fingerprint density at radius 1 is 0.944 bits per heavy atom. The Bertz CT molecular complexity index is 1140. The van der Waals surface area contributed by atoms with Crippen LogP contribution in [-0.2, 0) is 28.3 Å². The number of carbonyl (C=O) groups excluding carboxylic acids is 2. The molecule has 0 aliphatic heterocycles. The van der Waals surface area contributed by atoms with Crippen LogP contribution in [0.2, 0.25) is 10.0 Å². The zero-order valence-electron chi connectivity index (χ0n) is 20.2. The summed E-state index contributed by atoms with van der Waals surface area (Å²) in [5.74, 6) is -0.536. The lowest BCUT2D eigenvalue weighted by molar-refractivity contribution is -0.139. The minimum Gasteiger partial charge on any atom is -0.352 e. The van der Waals surface area contributed by atoms with Crippen LogP contribution >= 0.6 is 35.0 Å². The first kappa shape index (κ1) is 28.0. The lowest BCUT2D eigenvalue weighted by atomic mass is 10.0. The molecule has 0 aromatic heterocycles. The van der Waals surface area contributed by atoms with Crippen LogP contribution in [0.4, 0.5) is 4.39 Å². The average Bonchev–Trinajstić information content (AvgIpc) is 2.84. The lowest BCUT2D eigenvalue weighted by Gasteiger charge is -2.32. The van der Waals surface area contributed by atoms with Gasteiger partial charge in [0.15, 0.2) is 0 Å². The molecule has 0 fully saturated rings. The maximum Gasteiger partial charge on any atom is 0.243 e. The van der Waals surface area contributed by atoms with Crippen LogP contribution in [0.15, 0.2) is 72.8 Å². The summed E-state index contributed by atoms with van der Waals surface area (Å²) in [5.41, 5.74) is 2.16. The molecule has 0 saturated heterocycles. The predicted octanol–water partition coefficient (Wildman–Crippen LogP) is 6.53. The van der Waals surface area contributed by atoms with Gasteiger partial charge in [-0.3, -0.25) is 9.59 Å². The van der Waals surface area contributed by atoms with Gasteiger partial charge in [-0.25, -0.2) is 4.39 Å². The molecule has 3 aromatic carbocycles. The fraction of sp³-hybridized carbons (Fsp3) is 0.286. The SMILES string of the molecule is CC(C)NC(=O)[C@@H](Cc1ccccc1)N(Cc1ccc(Cl)cc1)C(=O)CSCc1c(F)cccc1Cl. The first-order chi connectivity index (χ1) is 17.2. The Morgan fingerprint density at radius 3 is 2.28 bits per heavy atom. The highest BCUT2D eigenvalue weighted by atomic mass is 35.5. The van der Waals surface area contributed by atoms with E-state index in [0.29, 0.717) is 22.0 Å². The molecule has 4 nitrogen and oxygen atoms in total. The topological polar surface area (TPSA) is 49.4 Å². The minimum atomic E-state index is -0.726. The van der Waals surface area contributed by atoms with Crippen LogP contribution in [-0.4, -0.2) is 34.6 Å². The molecule has 3 aromatic rings. The average molecular weight is 548 g/mol. The third-order valence-electron chi connectivity index (χ3n) is 5.50. The molecule has 36 heavy (non-hydrogen) atoms. The van der Waals surface area contributed by atoms with E-state index in [2.05, 4.69) is 5.32 Å². The Labute approximate surface area is 226 Å². The van der Waals surface area contributed by atoms with Crippen LogP contribution in [0.25, 0.3) is 0 Å². The van der Waals surface area contributed by atoms with E-state index in [4.69, 9.17) is 23.2 Å². The summed E-state index contributed by atoms with van der Waals surface area (Å²) in [4.78, 5) is 28.5. The Hall–Kier alpha value is -2.54. The molecule has 1 N–H and O–H groups in total. The van der Waals surface area contributed by atoms with Crippen molar-refractivity contribution in [3.8, 4) is 0 Å². The number of thioether (sulfide) groups is 1. The van der Waals surface area contributed by atoms with Gasteiger partial charge in [0.05, 0.1) is 5.75 Å². The smallest absolute Gasteiger partial charge is 0.243 e. The third-order valence-corrected chi connectivity index (χ3v) is 7.05. The molecule has 0 unspecified atom stereocenters. The number of halogens is 3. The van der Waals surface area contributed by atoms with Gasteiger partial charge in [-0.2, -0.15) is 0 Å². The molecule has 0 saturated carbocycles. The van der Waals surface area contributed by atoms with Crippen LogP contribution < -0.4 is 5.32 Å². The standard InChI is InChI=1S/C28H29Cl2FN2O2S/c1-19(2)32-28(35)26(15-20-7-4-3-5-8-20)33(16-21-11-13-22(29)14-12-21)27(34)18-36-17-23-24(30)9-6-10-25(23)31/h3-14,19,26H,15-18H2,1-2H3,(H,32,35)/t26-/m1/s1. The summed E-state index contributed by atoms with van der Waals surface area (Å²) in [6.07, 6.45) is 0.364. The fourth-order valence-corrected chi connectivity index (χ4v) is 5.09. The van der Waals surface area contributed by atoms with Gasteiger partial charge in [-0.1, -0.05) is 71.7 Å². The molecule has 0 heterocycles. The van der Waals surface area contributed by atoms with Gasteiger partial charge in [0, 0.05) is 40.4 Å². The van der Waals surface area contributed by atoms with Gasteiger partial charge in [0.1, 0.15) is 11.9 Å². The van der Waals surface area contributed by atoms with Crippen molar-refractivity contribution in [3.63, 3.8) is 0 Å².